The van der Waals surface area contributed by atoms with Crippen molar-refractivity contribution in [1.82, 2.24) is 20.9 Å². The first kappa shape index (κ1) is 22.2. The van der Waals surface area contributed by atoms with Crippen molar-refractivity contribution in [2.24, 2.45) is 4.99 Å². The Kier molecular flexibility index (Phi) is 7.87. The van der Waals surface area contributed by atoms with E-state index in [0.717, 1.165) is 23.7 Å². The van der Waals surface area contributed by atoms with Crippen LogP contribution in [0.5, 0.6) is 0 Å². The van der Waals surface area contributed by atoms with Gasteiger partial charge in [0.2, 0.25) is 0 Å². The van der Waals surface area contributed by atoms with Gasteiger partial charge in [0.1, 0.15) is 5.60 Å². The third kappa shape index (κ3) is 8.51. The Morgan fingerprint density at radius 3 is 2.35 bits per heavy atom. The maximum Gasteiger partial charge on any atom is 0.408 e. The summed E-state index contributed by atoms with van der Waals surface area (Å²) in [7, 11) is 1.73. The van der Waals surface area contributed by atoms with Crippen LogP contribution < -0.4 is 16.0 Å². The first-order valence-electron chi connectivity index (χ1n) is 8.80. The maximum absolute atomic E-state index is 11.9. The van der Waals surface area contributed by atoms with E-state index < -0.39 is 17.2 Å². The minimum atomic E-state index is -0.516. The van der Waals surface area contributed by atoms with Gasteiger partial charge in [0.05, 0.1) is 16.2 Å². The largest absolute Gasteiger partial charge is 0.444 e. The Labute approximate surface area is 161 Å². The lowest BCUT2D eigenvalue weighted by Gasteiger charge is -2.29. The van der Waals surface area contributed by atoms with Gasteiger partial charge in [0.15, 0.2) is 5.96 Å². The molecule has 0 atom stereocenters. The Balaban J connectivity index is 2.42. The number of aliphatic imine (C=N–C) groups is 1. The molecule has 148 valence electrons. The number of thiazole rings is 1. The number of carbonyl (C=O) groups is 1. The molecule has 0 fully saturated rings. The predicted octanol–water partition coefficient (Wildman–Crippen LogP) is 2.77. The van der Waals surface area contributed by atoms with E-state index in [2.05, 4.69) is 25.9 Å². The average molecular weight is 384 g/mol. The molecular formula is C18H33N5O2S. The number of hydrogen-bond donors (Lipinski definition) is 3. The molecule has 0 spiro atoms. The molecular weight excluding hydrogens is 350 g/mol. The number of aromatic nitrogens is 1. The van der Waals surface area contributed by atoms with Gasteiger partial charge in [-0.2, -0.15) is 0 Å². The molecule has 1 heterocycles. The molecule has 0 aliphatic heterocycles. The molecule has 7 nitrogen and oxygen atoms in total. The molecule has 0 unspecified atom stereocenters. The lowest BCUT2D eigenvalue weighted by molar-refractivity contribution is 0.0474. The highest BCUT2D eigenvalue weighted by atomic mass is 32.1. The van der Waals surface area contributed by atoms with E-state index in [1.54, 1.807) is 18.4 Å². The molecule has 1 rings (SSSR count). The number of aryl methyl sites for hydroxylation is 2. The van der Waals surface area contributed by atoms with E-state index in [4.69, 9.17) is 4.74 Å². The maximum atomic E-state index is 11.9. The fourth-order valence-electron chi connectivity index (χ4n) is 2.25. The second-order valence-electron chi connectivity index (χ2n) is 7.85. The molecule has 8 heteroatoms. The lowest BCUT2D eigenvalue weighted by atomic mass is 10.1. The molecule has 1 amide bonds. The van der Waals surface area contributed by atoms with Gasteiger partial charge in [-0.15, -0.1) is 11.3 Å². The number of nitrogens with one attached hydrogen (secondary N) is 3. The fourth-order valence-corrected chi connectivity index (χ4v) is 3.19. The van der Waals surface area contributed by atoms with Gasteiger partial charge in [-0.25, -0.2) is 9.78 Å². The molecule has 0 aliphatic carbocycles. The molecule has 0 saturated carbocycles. The van der Waals surface area contributed by atoms with Crippen molar-refractivity contribution < 1.29 is 9.53 Å². The van der Waals surface area contributed by atoms with Crippen LogP contribution in [-0.2, 0) is 11.2 Å². The average Bonchev–Trinajstić information content (AvgIpc) is 2.77. The standard InChI is InChI=1S/C18H33N5O2S/c1-12-14(26-13(2)22-12)9-10-20-15(19-8)21-11-18(6,7)23-16(24)25-17(3,4)5/h9-11H2,1-8H3,(H,23,24)(H2,19,20,21). The molecule has 0 aliphatic rings. The predicted molar refractivity (Wildman–Crippen MR) is 108 cm³/mol. The van der Waals surface area contributed by atoms with Crippen molar-refractivity contribution in [3.63, 3.8) is 0 Å². The molecule has 0 radical (unpaired) electrons. The summed E-state index contributed by atoms with van der Waals surface area (Å²) in [6, 6.07) is 0. The number of guanidine groups is 1. The summed E-state index contributed by atoms with van der Waals surface area (Å²) >= 11 is 1.73. The van der Waals surface area contributed by atoms with Gasteiger partial charge in [-0.1, -0.05) is 0 Å². The van der Waals surface area contributed by atoms with Crippen LogP contribution in [0.3, 0.4) is 0 Å². The molecule has 3 N–H and O–H groups in total. The van der Waals surface area contributed by atoms with Crippen LogP contribution in [0.25, 0.3) is 0 Å². The zero-order chi connectivity index (χ0) is 20.0. The topological polar surface area (TPSA) is 87.6 Å². The quantitative estimate of drug-likeness (QED) is 0.519. The number of alkyl carbamates (subject to hydrolysis) is 1. The monoisotopic (exact) mass is 383 g/mol. The molecule has 0 aromatic carbocycles. The number of nitrogens with zero attached hydrogens (tertiary/aromatic N) is 2. The highest BCUT2D eigenvalue weighted by Gasteiger charge is 2.24. The number of amides is 1. The van der Waals surface area contributed by atoms with E-state index in [0.29, 0.717) is 12.5 Å². The molecule has 26 heavy (non-hydrogen) atoms. The van der Waals surface area contributed by atoms with Gasteiger partial charge >= 0.3 is 6.09 Å². The van der Waals surface area contributed by atoms with Crippen LogP contribution in [0.15, 0.2) is 4.99 Å². The summed E-state index contributed by atoms with van der Waals surface area (Å²) in [4.78, 5) is 21.9. The second kappa shape index (κ2) is 9.21. The Hall–Kier alpha value is -1.83. The summed E-state index contributed by atoms with van der Waals surface area (Å²) in [5, 5.41) is 10.5. The number of carbonyl (C=O) groups excluding carboxylic acids is 1. The number of ether oxygens (including phenoxy) is 1. The number of rotatable bonds is 6. The van der Waals surface area contributed by atoms with Crippen LogP contribution in [0.2, 0.25) is 0 Å². The minimum Gasteiger partial charge on any atom is -0.444 e. The van der Waals surface area contributed by atoms with Gasteiger partial charge in [0.25, 0.3) is 0 Å². The van der Waals surface area contributed by atoms with Crippen molar-refractivity contribution in [2.45, 2.75) is 66.0 Å². The third-order valence-corrected chi connectivity index (χ3v) is 4.54. The van der Waals surface area contributed by atoms with Gasteiger partial charge in [0, 0.05) is 31.4 Å². The van der Waals surface area contributed by atoms with Crippen molar-refractivity contribution >= 4 is 23.4 Å². The van der Waals surface area contributed by atoms with Crippen LogP contribution in [0.4, 0.5) is 4.79 Å². The van der Waals surface area contributed by atoms with Crippen molar-refractivity contribution in [3.05, 3.63) is 15.6 Å². The summed E-state index contributed by atoms with van der Waals surface area (Å²) in [5.74, 6) is 0.697. The normalized spacial score (nSPS) is 12.7. The minimum absolute atomic E-state index is 0.428. The highest BCUT2D eigenvalue weighted by Crippen LogP contribution is 2.17. The van der Waals surface area contributed by atoms with Crippen LogP contribution in [-0.4, -0.2) is 48.3 Å². The van der Waals surface area contributed by atoms with Crippen molar-refractivity contribution in [3.8, 4) is 0 Å². The van der Waals surface area contributed by atoms with Crippen molar-refractivity contribution in [2.75, 3.05) is 20.1 Å². The highest BCUT2D eigenvalue weighted by molar-refractivity contribution is 7.11. The smallest absolute Gasteiger partial charge is 0.408 e. The van der Waals surface area contributed by atoms with Crippen LogP contribution in [0, 0.1) is 13.8 Å². The molecule has 1 aromatic heterocycles. The molecule has 0 bridgehead atoms. The third-order valence-electron chi connectivity index (χ3n) is 3.40. The van der Waals surface area contributed by atoms with Gasteiger partial charge in [-0.05, 0) is 48.5 Å². The fraction of sp³-hybridized carbons (Fsp3) is 0.722. The second-order valence-corrected chi connectivity index (χ2v) is 9.14. The number of hydrogen-bond acceptors (Lipinski definition) is 5. The van der Waals surface area contributed by atoms with Crippen molar-refractivity contribution in [1.29, 1.82) is 0 Å². The van der Waals surface area contributed by atoms with E-state index in [1.165, 1.54) is 4.88 Å². The van der Waals surface area contributed by atoms with E-state index in [-0.39, 0.29) is 0 Å². The molecule has 1 aromatic rings. The van der Waals surface area contributed by atoms with Crippen LogP contribution >= 0.6 is 11.3 Å². The SMILES string of the molecule is CN=C(NCCc1sc(C)nc1C)NCC(C)(C)NC(=O)OC(C)(C)C. The Bertz CT molecular complexity index is 632. The molecule has 0 saturated heterocycles. The van der Waals surface area contributed by atoms with Gasteiger partial charge < -0.3 is 20.7 Å². The van der Waals surface area contributed by atoms with E-state index in [9.17, 15) is 4.79 Å². The first-order valence-corrected chi connectivity index (χ1v) is 9.62. The summed E-state index contributed by atoms with van der Waals surface area (Å²) in [5.41, 5.74) is 0.101. The van der Waals surface area contributed by atoms with Gasteiger partial charge in [-0.3, -0.25) is 4.99 Å². The summed E-state index contributed by atoms with van der Waals surface area (Å²) in [6.45, 7) is 14.7. The summed E-state index contributed by atoms with van der Waals surface area (Å²) < 4.78 is 5.31. The van der Waals surface area contributed by atoms with E-state index >= 15 is 0 Å². The van der Waals surface area contributed by atoms with E-state index in [1.807, 2.05) is 48.5 Å². The Morgan fingerprint density at radius 2 is 1.85 bits per heavy atom. The zero-order valence-corrected chi connectivity index (χ0v) is 18.1. The first-order chi connectivity index (χ1) is 11.9. The van der Waals surface area contributed by atoms with Crippen LogP contribution in [0.1, 0.15) is 50.2 Å². The summed E-state index contributed by atoms with van der Waals surface area (Å²) in [6.07, 6.45) is 0.473. The Morgan fingerprint density at radius 1 is 1.19 bits per heavy atom. The lowest BCUT2D eigenvalue weighted by Crippen LogP contribution is -2.54. The zero-order valence-electron chi connectivity index (χ0n) is 17.2.